The van der Waals surface area contributed by atoms with E-state index in [-0.39, 0.29) is 37.4 Å². The lowest BCUT2D eigenvalue weighted by Crippen LogP contribution is -2.42. The fraction of sp³-hybridized carbons (Fsp3) is 0.360. The highest BCUT2D eigenvalue weighted by molar-refractivity contribution is 5.98. The molecule has 32 heavy (non-hydrogen) atoms. The van der Waals surface area contributed by atoms with Gasteiger partial charge in [-0.25, -0.2) is 4.79 Å². The fourth-order valence-electron chi connectivity index (χ4n) is 3.17. The number of unbranched alkanes of at least 4 members (excludes halogenated alkanes) is 1. The van der Waals surface area contributed by atoms with Crippen LogP contribution in [0.25, 0.3) is 0 Å². The number of carboxylic acid groups (broad SMARTS) is 1. The summed E-state index contributed by atoms with van der Waals surface area (Å²) in [6.45, 7) is 1.91. The van der Waals surface area contributed by atoms with Gasteiger partial charge in [0, 0.05) is 12.0 Å². The minimum Gasteiger partial charge on any atom is -0.479 e. The zero-order valence-corrected chi connectivity index (χ0v) is 18.2. The lowest BCUT2D eigenvalue weighted by molar-refractivity contribution is -0.164. The van der Waals surface area contributed by atoms with Crippen LogP contribution in [0.1, 0.15) is 54.9 Å². The van der Waals surface area contributed by atoms with E-state index in [0.717, 1.165) is 12.0 Å². The number of benzene rings is 2. The van der Waals surface area contributed by atoms with Crippen molar-refractivity contribution >= 4 is 23.6 Å². The van der Waals surface area contributed by atoms with Crippen molar-refractivity contribution in [2.24, 2.45) is 0 Å². The summed E-state index contributed by atoms with van der Waals surface area (Å²) in [5.74, 6) is -2.65. The fourth-order valence-corrected chi connectivity index (χ4v) is 3.17. The minimum absolute atomic E-state index is 0.161. The molecular formula is C25H29NO6. The van der Waals surface area contributed by atoms with Crippen LogP contribution in [0.2, 0.25) is 0 Å². The van der Waals surface area contributed by atoms with Crippen LogP contribution in [0.5, 0.6) is 0 Å². The number of rotatable bonds is 13. The Labute approximate surface area is 187 Å². The monoisotopic (exact) mass is 439 g/mol. The number of aliphatic carboxylic acids is 1. The summed E-state index contributed by atoms with van der Waals surface area (Å²) in [5, 5.41) is 12.0. The number of carboxylic acids is 1. The van der Waals surface area contributed by atoms with Gasteiger partial charge in [0.15, 0.2) is 11.9 Å². The molecular weight excluding hydrogens is 410 g/mol. The van der Waals surface area contributed by atoms with E-state index in [1.54, 1.807) is 30.3 Å². The van der Waals surface area contributed by atoms with Crippen molar-refractivity contribution in [2.45, 2.75) is 57.6 Å². The highest BCUT2D eigenvalue weighted by Gasteiger charge is 2.25. The van der Waals surface area contributed by atoms with Crippen LogP contribution in [-0.2, 0) is 25.5 Å². The molecule has 0 radical (unpaired) electrons. The molecule has 0 saturated carbocycles. The molecule has 0 aliphatic heterocycles. The Hall–Kier alpha value is -3.48. The second-order valence-electron chi connectivity index (χ2n) is 7.51. The molecule has 2 N–H and O–H groups in total. The Morgan fingerprint density at radius 1 is 0.938 bits per heavy atom. The number of esters is 1. The molecule has 7 nitrogen and oxygen atoms in total. The summed E-state index contributed by atoms with van der Waals surface area (Å²) in [6.07, 6.45) is 0.287. The second kappa shape index (κ2) is 13.0. The molecule has 0 aliphatic rings. The second-order valence-corrected chi connectivity index (χ2v) is 7.51. The van der Waals surface area contributed by atoms with Gasteiger partial charge in [0.2, 0.25) is 0 Å². The molecule has 0 bridgehead atoms. The first-order chi connectivity index (χ1) is 15.4. The van der Waals surface area contributed by atoms with E-state index in [9.17, 15) is 24.3 Å². The maximum Gasteiger partial charge on any atom is 0.345 e. The number of carbonyl (C=O) groups excluding carboxylic acids is 3. The van der Waals surface area contributed by atoms with Gasteiger partial charge in [-0.3, -0.25) is 14.4 Å². The Bertz CT molecular complexity index is 897. The van der Waals surface area contributed by atoms with Crippen molar-refractivity contribution in [2.75, 3.05) is 0 Å². The van der Waals surface area contributed by atoms with E-state index in [1.807, 2.05) is 37.3 Å². The molecule has 0 unspecified atom stereocenters. The first-order valence-electron chi connectivity index (χ1n) is 10.8. The SMILES string of the molecule is CCCC[C@H](OC(=O)CCC(=O)[C@H](Cc1ccccc1)NC(=O)c1ccccc1)C(=O)O. The third-order valence-electron chi connectivity index (χ3n) is 4.96. The zero-order chi connectivity index (χ0) is 23.3. The quantitative estimate of drug-likeness (QED) is 0.462. The number of hydrogen-bond donors (Lipinski definition) is 2. The number of nitrogens with one attached hydrogen (secondary N) is 1. The number of hydrogen-bond acceptors (Lipinski definition) is 5. The molecule has 0 saturated heterocycles. The van der Waals surface area contributed by atoms with Crippen molar-refractivity contribution in [1.29, 1.82) is 0 Å². The molecule has 0 fully saturated rings. The molecule has 1 amide bonds. The van der Waals surface area contributed by atoms with Gasteiger partial charge in [0.05, 0.1) is 12.5 Å². The minimum atomic E-state index is -1.21. The number of amides is 1. The first kappa shape index (κ1) is 24.8. The summed E-state index contributed by atoms with van der Waals surface area (Å²) < 4.78 is 5.03. The normalized spacial score (nSPS) is 12.4. The van der Waals surface area contributed by atoms with Gasteiger partial charge in [-0.1, -0.05) is 61.9 Å². The standard InChI is InChI=1S/C25H29NO6/c1-2-3-14-22(25(30)31)32-23(28)16-15-21(27)20(17-18-10-6-4-7-11-18)26-24(29)19-12-8-5-9-13-19/h4-13,20,22H,2-3,14-17H2,1H3,(H,26,29)(H,30,31)/t20-,22-/m0/s1. The van der Waals surface area contributed by atoms with E-state index in [1.165, 1.54) is 0 Å². The van der Waals surface area contributed by atoms with Crippen LogP contribution in [0, 0.1) is 0 Å². The third kappa shape index (κ3) is 8.34. The summed E-state index contributed by atoms with van der Waals surface area (Å²) in [4.78, 5) is 48.8. The van der Waals surface area contributed by atoms with Gasteiger partial charge < -0.3 is 15.2 Å². The van der Waals surface area contributed by atoms with Gasteiger partial charge in [-0.2, -0.15) is 0 Å². The van der Waals surface area contributed by atoms with Crippen molar-refractivity contribution in [1.82, 2.24) is 5.32 Å². The molecule has 2 aromatic carbocycles. The smallest absolute Gasteiger partial charge is 0.345 e. The summed E-state index contributed by atoms with van der Waals surface area (Å²) in [5.41, 5.74) is 1.30. The maximum atomic E-state index is 12.9. The summed E-state index contributed by atoms with van der Waals surface area (Å²) in [6, 6.07) is 17.0. The molecule has 7 heteroatoms. The summed E-state index contributed by atoms with van der Waals surface area (Å²) >= 11 is 0. The highest BCUT2D eigenvalue weighted by Crippen LogP contribution is 2.11. The van der Waals surface area contributed by atoms with Crippen LogP contribution in [0.4, 0.5) is 0 Å². The maximum absolute atomic E-state index is 12.9. The van der Waals surface area contributed by atoms with Crippen LogP contribution >= 0.6 is 0 Å². The van der Waals surface area contributed by atoms with Crippen molar-refractivity contribution in [3.8, 4) is 0 Å². The van der Waals surface area contributed by atoms with E-state index < -0.39 is 24.1 Å². The number of carbonyl (C=O) groups is 4. The van der Waals surface area contributed by atoms with Gasteiger partial charge >= 0.3 is 11.9 Å². The lowest BCUT2D eigenvalue weighted by atomic mass is 9.99. The average molecular weight is 440 g/mol. The molecule has 2 atom stereocenters. The van der Waals surface area contributed by atoms with Crippen molar-refractivity contribution < 1.29 is 29.0 Å². The number of ether oxygens (including phenoxy) is 1. The van der Waals surface area contributed by atoms with Crippen LogP contribution in [-0.4, -0.2) is 40.9 Å². The van der Waals surface area contributed by atoms with Gasteiger partial charge in [-0.05, 0) is 37.0 Å². The Balaban J connectivity index is 2.01. The van der Waals surface area contributed by atoms with E-state index in [2.05, 4.69) is 5.32 Å². The Kier molecular flexibility index (Phi) is 10.1. The first-order valence-corrected chi connectivity index (χ1v) is 10.8. The summed E-state index contributed by atoms with van der Waals surface area (Å²) in [7, 11) is 0. The van der Waals surface area contributed by atoms with E-state index in [4.69, 9.17) is 4.74 Å². The lowest BCUT2D eigenvalue weighted by Gasteiger charge is -2.18. The molecule has 2 rings (SSSR count). The topological polar surface area (TPSA) is 110 Å². The molecule has 0 aromatic heterocycles. The molecule has 0 heterocycles. The van der Waals surface area contributed by atoms with E-state index >= 15 is 0 Å². The van der Waals surface area contributed by atoms with Gasteiger partial charge in [0.25, 0.3) is 5.91 Å². The molecule has 170 valence electrons. The number of ketones is 1. The largest absolute Gasteiger partial charge is 0.479 e. The van der Waals surface area contributed by atoms with E-state index in [0.29, 0.717) is 12.0 Å². The van der Waals surface area contributed by atoms with Crippen LogP contribution < -0.4 is 5.32 Å². The van der Waals surface area contributed by atoms with Gasteiger partial charge in [0.1, 0.15) is 0 Å². The molecule has 0 aliphatic carbocycles. The Morgan fingerprint density at radius 3 is 2.16 bits per heavy atom. The number of Topliss-reactive ketones (excluding diaryl/α,β-unsaturated/α-hetero) is 1. The predicted octanol–water partition coefficient (Wildman–Crippen LogP) is 3.56. The average Bonchev–Trinajstić information content (AvgIpc) is 2.80. The van der Waals surface area contributed by atoms with Crippen LogP contribution in [0.15, 0.2) is 60.7 Å². The van der Waals surface area contributed by atoms with Crippen molar-refractivity contribution in [3.63, 3.8) is 0 Å². The molecule has 0 spiro atoms. The zero-order valence-electron chi connectivity index (χ0n) is 18.2. The van der Waals surface area contributed by atoms with Crippen LogP contribution in [0.3, 0.4) is 0 Å². The predicted molar refractivity (Wildman–Crippen MR) is 119 cm³/mol. The third-order valence-corrected chi connectivity index (χ3v) is 4.96. The Morgan fingerprint density at radius 2 is 1.56 bits per heavy atom. The van der Waals surface area contributed by atoms with Crippen molar-refractivity contribution in [3.05, 3.63) is 71.8 Å². The highest BCUT2D eigenvalue weighted by atomic mass is 16.6. The van der Waals surface area contributed by atoms with Gasteiger partial charge in [-0.15, -0.1) is 0 Å². The molecule has 2 aromatic rings.